The maximum Gasteiger partial charge on any atom is 0.339 e. The van der Waals surface area contributed by atoms with E-state index in [1.165, 1.54) is 13.3 Å². The second-order valence-corrected chi connectivity index (χ2v) is 5.76. The molecular weight excluding hydrogens is 332 g/mol. The Morgan fingerprint density at radius 3 is 2.72 bits per heavy atom. The molecule has 0 bridgehead atoms. The fraction of sp³-hybridized carbons (Fsp3) is 0.533. The van der Waals surface area contributed by atoms with Crippen LogP contribution in [0.15, 0.2) is 12.3 Å². The lowest BCUT2D eigenvalue weighted by molar-refractivity contribution is -0.384. The first kappa shape index (κ1) is 18.6. The largest absolute Gasteiger partial charge is 0.480 e. The number of aliphatic carboxylic acids is 1. The zero-order valence-electron chi connectivity index (χ0n) is 14.0. The number of carbonyl (C=O) groups is 2. The molecule has 25 heavy (non-hydrogen) atoms. The molecule has 10 nitrogen and oxygen atoms in total. The summed E-state index contributed by atoms with van der Waals surface area (Å²) < 4.78 is 4.53. The minimum atomic E-state index is -0.881. The normalized spacial score (nSPS) is 19.2. The Labute approximate surface area is 143 Å². The van der Waals surface area contributed by atoms with Crippen LogP contribution in [0, 0.1) is 10.1 Å². The number of carboxylic acid groups (broad SMARTS) is 1. The average Bonchev–Trinajstić information content (AvgIpc) is 2.54. The molecule has 1 aliphatic rings. The molecule has 0 aliphatic heterocycles. The van der Waals surface area contributed by atoms with Gasteiger partial charge in [-0.3, -0.25) is 19.8 Å². The molecule has 10 heteroatoms. The minimum absolute atomic E-state index is 0.00449. The van der Waals surface area contributed by atoms with E-state index in [1.54, 1.807) is 0 Å². The van der Waals surface area contributed by atoms with Gasteiger partial charge in [-0.05, 0) is 19.4 Å². The summed E-state index contributed by atoms with van der Waals surface area (Å²) in [5.41, 5.74) is -0.297. The number of rotatable bonds is 8. The van der Waals surface area contributed by atoms with Gasteiger partial charge in [-0.15, -0.1) is 0 Å². The highest BCUT2D eigenvalue weighted by Gasteiger charge is 2.35. The van der Waals surface area contributed by atoms with Crippen molar-refractivity contribution in [1.82, 2.24) is 9.88 Å². The van der Waals surface area contributed by atoms with Crippen LogP contribution in [0.1, 0.15) is 30.1 Å². The maximum atomic E-state index is 11.5. The van der Waals surface area contributed by atoms with Gasteiger partial charge in [0.25, 0.3) is 0 Å². The molecule has 0 radical (unpaired) electrons. The number of carbonyl (C=O) groups excluding carboxylic acids is 1. The number of hydrogen-bond donors (Lipinski definition) is 2. The predicted octanol–water partition coefficient (Wildman–Crippen LogP) is 1.13. The number of nitrogens with one attached hydrogen (secondary N) is 1. The molecule has 1 aromatic heterocycles. The molecule has 0 amide bonds. The third kappa shape index (κ3) is 4.41. The standard InChI is InChI=1S/C15H20N4O6/c1-3-18(8-13(20)21)11-5-10(6-11)17-14-12(19(23)24)4-9(7-16-14)15(22)25-2/h4,7,10-11H,3,5-6,8H2,1-2H3,(H,16,17)(H,20,21). The van der Waals surface area contributed by atoms with Crippen molar-refractivity contribution in [2.24, 2.45) is 0 Å². The van der Waals surface area contributed by atoms with Crippen LogP contribution < -0.4 is 5.32 Å². The molecule has 136 valence electrons. The lowest BCUT2D eigenvalue weighted by Crippen LogP contribution is -2.51. The first-order valence-electron chi connectivity index (χ1n) is 7.80. The number of anilines is 1. The first-order valence-corrected chi connectivity index (χ1v) is 7.80. The third-order valence-electron chi connectivity index (χ3n) is 4.20. The van der Waals surface area contributed by atoms with E-state index in [0.717, 1.165) is 6.07 Å². The van der Waals surface area contributed by atoms with Crippen molar-refractivity contribution >= 4 is 23.4 Å². The van der Waals surface area contributed by atoms with Gasteiger partial charge >= 0.3 is 17.6 Å². The zero-order chi connectivity index (χ0) is 18.6. The molecule has 0 atom stereocenters. The number of nitrogens with zero attached hydrogens (tertiary/aromatic N) is 3. The molecule has 1 aromatic rings. The van der Waals surface area contributed by atoms with Crippen molar-refractivity contribution in [1.29, 1.82) is 0 Å². The first-order chi connectivity index (χ1) is 11.8. The van der Waals surface area contributed by atoms with Gasteiger partial charge in [0.2, 0.25) is 5.82 Å². The van der Waals surface area contributed by atoms with Gasteiger partial charge in [0.1, 0.15) is 0 Å². The molecule has 1 aliphatic carbocycles. The molecule has 0 spiro atoms. The van der Waals surface area contributed by atoms with Crippen LogP contribution in [0.25, 0.3) is 0 Å². The summed E-state index contributed by atoms with van der Waals surface area (Å²) in [4.78, 5) is 38.7. The summed E-state index contributed by atoms with van der Waals surface area (Å²) in [7, 11) is 1.19. The zero-order valence-corrected chi connectivity index (χ0v) is 14.0. The number of methoxy groups -OCH3 is 1. The van der Waals surface area contributed by atoms with Crippen molar-refractivity contribution in [2.75, 3.05) is 25.5 Å². The average molecular weight is 352 g/mol. The predicted molar refractivity (Wildman–Crippen MR) is 87.5 cm³/mol. The van der Waals surface area contributed by atoms with E-state index in [4.69, 9.17) is 5.11 Å². The molecule has 0 saturated heterocycles. The van der Waals surface area contributed by atoms with Crippen LogP contribution in [0.5, 0.6) is 0 Å². The summed E-state index contributed by atoms with van der Waals surface area (Å²) in [6, 6.07) is 1.20. The number of ether oxygens (including phenoxy) is 1. The van der Waals surface area contributed by atoms with Gasteiger partial charge in [-0.1, -0.05) is 6.92 Å². The van der Waals surface area contributed by atoms with E-state index < -0.39 is 16.9 Å². The summed E-state index contributed by atoms with van der Waals surface area (Å²) in [6.45, 7) is 2.48. The molecular formula is C15H20N4O6. The maximum absolute atomic E-state index is 11.5. The van der Waals surface area contributed by atoms with Gasteiger partial charge in [0.05, 0.1) is 24.1 Å². The number of hydrogen-bond acceptors (Lipinski definition) is 8. The molecule has 0 unspecified atom stereocenters. The van der Waals surface area contributed by atoms with Crippen molar-refractivity contribution in [3.8, 4) is 0 Å². The van der Waals surface area contributed by atoms with Crippen LogP contribution in [-0.2, 0) is 9.53 Å². The Bertz CT molecular complexity index is 674. The Kier molecular flexibility index (Phi) is 5.86. The van der Waals surface area contributed by atoms with Crippen LogP contribution in [0.2, 0.25) is 0 Å². The summed E-state index contributed by atoms with van der Waals surface area (Å²) >= 11 is 0. The van der Waals surface area contributed by atoms with Gasteiger partial charge in [-0.2, -0.15) is 0 Å². The van der Waals surface area contributed by atoms with Gasteiger partial charge in [-0.25, -0.2) is 9.78 Å². The highest BCUT2D eigenvalue weighted by molar-refractivity contribution is 5.90. The SMILES string of the molecule is CCN(CC(=O)O)C1CC(Nc2ncc(C(=O)OC)cc2[N+](=O)[O-])C1. The Morgan fingerprint density at radius 1 is 1.52 bits per heavy atom. The van der Waals surface area contributed by atoms with Crippen LogP contribution in [0.4, 0.5) is 11.5 Å². The lowest BCUT2D eigenvalue weighted by atomic mass is 9.85. The lowest BCUT2D eigenvalue weighted by Gasteiger charge is -2.42. The molecule has 2 rings (SSSR count). The number of nitro groups is 1. The number of aromatic nitrogens is 1. The number of pyridine rings is 1. The molecule has 1 fully saturated rings. The number of carboxylic acids is 1. The molecule has 1 saturated carbocycles. The van der Waals surface area contributed by atoms with E-state index in [9.17, 15) is 19.7 Å². The Morgan fingerprint density at radius 2 is 2.20 bits per heavy atom. The summed E-state index contributed by atoms with van der Waals surface area (Å²) in [5, 5.41) is 23.1. The van der Waals surface area contributed by atoms with Crippen molar-refractivity contribution < 1.29 is 24.4 Å². The molecule has 1 heterocycles. The summed E-state index contributed by atoms with van der Waals surface area (Å²) in [5.74, 6) is -1.49. The van der Waals surface area contributed by atoms with E-state index in [0.29, 0.717) is 19.4 Å². The van der Waals surface area contributed by atoms with Crippen molar-refractivity contribution in [3.63, 3.8) is 0 Å². The Balaban J connectivity index is 2.03. The quantitative estimate of drug-likeness (QED) is 0.401. The van der Waals surface area contributed by atoms with Crippen LogP contribution in [-0.4, -0.2) is 64.1 Å². The summed E-state index contributed by atoms with van der Waals surface area (Å²) in [6.07, 6.45) is 2.55. The third-order valence-corrected chi connectivity index (χ3v) is 4.20. The highest BCUT2D eigenvalue weighted by atomic mass is 16.6. The van der Waals surface area contributed by atoms with Gasteiger partial charge in [0.15, 0.2) is 0 Å². The van der Waals surface area contributed by atoms with Crippen molar-refractivity contribution in [3.05, 3.63) is 27.9 Å². The number of esters is 1. The fourth-order valence-electron chi connectivity index (χ4n) is 2.80. The van der Waals surface area contributed by atoms with E-state index >= 15 is 0 Å². The van der Waals surface area contributed by atoms with Crippen LogP contribution >= 0.6 is 0 Å². The monoisotopic (exact) mass is 352 g/mol. The van der Waals surface area contributed by atoms with E-state index in [-0.39, 0.29) is 35.7 Å². The Hall–Kier alpha value is -2.75. The van der Waals surface area contributed by atoms with Crippen LogP contribution in [0.3, 0.4) is 0 Å². The topological polar surface area (TPSA) is 135 Å². The molecule has 0 aromatic carbocycles. The fourth-order valence-corrected chi connectivity index (χ4v) is 2.80. The van der Waals surface area contributed by atoms with Gasteiger partial charge in [0, 0.05) is 24.3 Å². The minimum Gasteiger partial charge on any atom is -0.480 e. The number of likely N-dealkylation sites (N-methyl/N-ethyl adjacent to an activating group) is 1. The van der Waals surface area contributed by atoms with E-state index in [2.05, 4.69) is 15.0 Å². The molecule has 2 N–H and O–H groups in total. The van der Waals surface area contributed by atoms with E-state index in [1.807, 2.05) is 11.8 Å². The highest BCUT2D eigenvalue weighted by Crippen LogP contribution is 2.31. The van der Waals surface area contributed by atoms with Crippen molar-refractivity contribution in [2.45, 2.75) is 31.8 Å². The second-order valence-electron chi connectivity index (χ2n) is 5.76. The van der Waals surface area contributed by atoms with Gasteiger partial charge < -0.3 is 15.2 Å². The second kappa shape index (κ2) is 7.88. The smallest absolute Gasteiger partial charge is 0.339 e.